The first-order chi connectivity index (χ1) is 10.1. The minimum atomic E-state index is -0.0126. The highest BCUT2D eigenvalue weighted by atomic mass is 16.5. The molecule has 1 aromatic carbocycles. The molecule has 2 atom stereocenters. The van der Waals surface area contributed by atoms with Crippen molar-refractivity contribution in [1.82, 2.24) is 9.88 Å². The first-order valence-corrected chi connectivity index (χ1v) is 7.13. The Hall–Kier alpha value is -2.14. The Morgan fingerprint density at radius 3 is 2.81 bits per heavy atom. The number of nitrogens with zero attached hydrogens (tertiary/aromatic N) is 2. The molecular weight excluding hydrogens is 266 g/mol. The van der Waals surface area contributed by atoms with Crippen molar-refractivity contribution in [2.75, 3.05) is 18.9 Å². The third-order valence-electron chi connectivity index (χ3n) is 3.93. The lowest BCUT2D eigenvalue weighted by Gasteiger charge is -2.37. The molecule has 1 aromatic heterocycles. The largest absolute Gasteiger partial charge is 0.383 e. The van der Waals surface area contributed by atoms with E-state index >= 15 is 0 Å². The molecule has 0 aliphatic carbocycles. The van der Waals surface area contributed by atoms with Crippen LogP contribution in [0.5, 0.6) is 0 Å². The fourth-order valence-electron chi connectivity index (χ4n) is 2.73. The number of fused-ring (bicyclic) bond motifs is 1. The van der Waals surface area contributed by atoms with Crippen molar-refractivity contribution in [3.05, 3.63) is 36.0 Å². The van der Waals surface area contributed by atoms with Crippen molar-refractivity contribution < 1.29 is 9.53 Å². The highest BCUT2D eigenvalue weighted by molar-refractivity contribution is 6.09. The molecule has 110 valence electrons. The van der Waals surface area contributed by atoms with E-state index < -0.39 is 0 Å². The normalized spacial score (nSPS) is 22.5. The molecule has 1 amide bonds. The van der Waals surface area contributed by atoms with Crippen LogP contribution in [-0.2, 0) is 4.74 Å². The Morgan fingerprint density at radius 1 is 1.33 bits per heavy atom. The first-order valence-electron chi connectivity index (χ1n) is 7.13. The number of anilines is 1. The summed E-state index contributed by atoms with van der Waals surface area (Å²) in [6, 6.07) is 7.66. The summed E-state index contributed by atoms with van der Waals surface area (Å²) in [4.78, 5) is 18.9. The van der Waals surface area contributed by atoms with Gasteiger partial charge >= 0.3 is 0 Å². The van der Waals surface area contributed by atoms with Gasteiger partial charge in [0.1, 0.15) is 5.82 Å². The van der Waals surface area contributed by atoms with E-state index in [9.17, 15) is 4.79 Å². The SMILES string of the molecule is CC1CN(C(=O)c2cnc(N)c3ccccc23)C(C)CO1. The summed E-state index contributed by atoms with van der Waals surface area (Å²) in [5.41, 5.74) is 6.49. The average Bonchev–Trinajstić information content (AvgIpc) is 2.50. The molecule has 1 fully saturated rings. The van der Waals surface area contributed by atoms with Crippen molar-refractivity contribution >= 4 is 22.5 Å². The topological polar surface area (TPSA) is 68.5 Å². The van der Waals surface area contributed by atoms with Crippen LogP contribution in [0.4, 0.5) is 5.82 Å². The van der Waals surface area contributed by atoms with Crippen LogP contribution >= 0.6 is 0 Å². The Balaban J connectivity index is 2.04. The molecule has 2 unspecified atom stereocenters. The highest BCUT2D eigenvalue weighted by Gasteiger charge is 2.29. The summed E-state index contributed by atoms with van der Waals surface area (Å²) in [6.07, 6.45) is 1.63. The summed E-state index contributed by atoms with van der Waals surface area (Å²) in [6.45, 7) is 5.13. The van der Waals surface area contributed by atoms with Gasteiger partial charge in [-0.25, -0.2) is 4.98 Å². The van der Waals surface area contributed by atoms with Crippen LogP contribution in [0.2, 0.25) is 0 Å². The zero-order valence-corrected chi connectivity index (χ0v) is 12.2. The zero-order valence-electron chi connectivity index (χ0n) is 12.2. The second kappa shape index (κ2) is 5.33. The van der Waals surface area contributed by atoms with Gasteiger partial charge in [0.25, 0.3) is 5.91 Å². The number of benzene rings is 1. The first kappa shape index (κ1) is 13.8. The van der Waals surface area contributed by atoms with Gasteiger partial charge in [-0.1, -0.05) is 24.3 Å². The van der Waals surface area contributed by atoms with Crippen molar-refractivity contribution in [2.45, 2.75) is 26.0 Å². The number of rotatable bonds is 1. The Bertz CT molecular complexity index is 686. The fourth-order valence-corrected chi connectivity index (χ4v) is 2.73. The monoisotopic (exact) mass is 285 g/mol. The third kappa shape index (κ3) is 2.45. The van der Waals surface area contributed by atoms with Crippen LogP contribution in [0, 0.1) is 0 Å². The molecular formula is C16H19N3O2. The van der Waals surface area contributed by atoms with Gasteiger partial charge in [0.05, 0.1) is 24.3 Å². The number of nitrogen functional groups attached to an aromatic ring is 1. The molecule has 5 nitrogen and oxygen atoms in total. The summed E-state index contributed by atoms with van der Waals surface area (Å²) in [5, 5.41) is 1.67. The van der Waals surface area contributed by atoms with E-state index in [0.29, 0.717) is 24.5 Å². The average molecular weight is 285 g/mol. The predicted octanol–water partition coefficient (Wildman–Crippen LogP) is 2.07. The van der Waals surface area contributed by atoms with Gasteiger partial charge in [0.2, 0.25) is 0 Å². The smallest absolute Gasteiger partial charge is 0.256 e. The van der Waals surface area contributed by atoms with Crippen molar-refractivity contribution in [1.29, 1.82) is 0 Å². The summed E-state index contributed by atoms with van der Waals surface area (Å²) < 4.78 is 5.58. The van der Waals surface area contributed by atoms with E-state index in [4.69, 9.17) is 10.5 Å². The number of carbonyl (C=O) groups excluding carboxylic acids is 1. The molecule has 2 aromatic rings. The second-order valence-corrected chi connectivity index (χ2v) is 5.55. The standard InChI is InChI=1S/C16H19N3O2/c1-10-9-21-11(2)8-19(10)16(20)14-7-18-15(17)13-6-4-3-5-12(13)14/h3-7,10-11H,8-9H2,1-2H3,(H2,17,18). The van der Waals surface area contributed by atoms with E-state index in [1.807, 2.05) is 43.0 Å². The molecule has 1 aliphatic rings. The molecule has 3 rings (SSSR count). The van der Waals surface area contributed by atoms with Crippen molar-refractivity contribution in [2.24, 2.45) is 0 Å². The van der Waals surface area contributed by atoms with Gasteiger partial charge in [-0.05, 0) is 19.2 Å². The molecule has 0 spiro atoms. The van der Waals surface area contributed by atoms with Crippen LogP contribution in [0.3, 0.4) is 0 Å². The number of morpholine rings is 1. The van der Waals surface area contributed by atoms with Crippen LogP contribution in [0.15, 0.2) is 30.5 Å². The molecule has 1 aliphatic heterocycles. The summed E-state index contributed by atoms with van der Waals surface area (Å²) in [5.74, 6) is 0.437. The number of ether oxygens (including phenoxy) is 1. The maximum Gasteiger partial charge on any atom is 0.256 e. The van der Waals surface area contributed by atoms with Crippen LogP contribution in [-0.4, -0.2) is 41.1 Å². The van der Waals surface area contributed by atoms with E-state index in [0.717, 1.165) is 10.8 Å². The lowest BCUT2D eigenvalue weighted by molar-refractivity contribution is -0.0386. The lowest BCUT2D eigenvalue weighted by atomic mass is 10.0. The Labute approximate surface area is 123 Å². The van der Waals surface area contributed by atoms with Gasteiger partial charge in [0, 0.05) is 18.1 Å². The predicted molar refractivity (Wildman–Crippen MR) is 82.1 cm³/mol. The number of hydrogen-bond donors (Lipinski definition) is 1. The van der Waals surface area contributed by atoms with Gasteiger partial charge < -0.3 is 15.4 Å². The third-order valence-corrected chi connectivity index (χ3v) is 3.93. The number of amides is 1. The fraction of sp³-hybridized carbons (Fsp3) is 0.375. The van der Waals surface area contributed by atoms with Crippen LogP contribution in [0.25, 0.3) is 10.8 Å². The molecule has 0 bridgehead atoms. The minimum absolute atomic E-state index is 0.0126. The van der Waals surface area contributed by atoms with Crippen LogP contribution < -0.4 is 5.73 Å². The van der Waals surface area contributed by atoms with E-state index in [2.05, 4.69) is 4.98 Å². The molecule has 21 heavy (non-hydrogen) atoms. The summed E-state index contributed by atoms with van der Waals surface area (Å²) in [7, 11) is 0. The molecule has 0 saturated carbocycles. The van der Waals surface area contributed by atoms with Gasteiger partial charge in [-0.15, -0.1) is 0 Å². The number of hydrogen-bond acceptors (Lipinski definition) is 4. The molecule has 5 heteroatoms. The van der Waals surface area contributed by atoms with Crippen molar-refractivity contribution in [3.63, 3.8) is 0 Å². The van der Waals surface area contributed by atoms with Gasteiger partial charge in [-0.3, -0.25) is 4.79 Å². The lowest BCUT2D eigenvalue weighted by Crippen LogP contribution is -2.50. The molecule has 0 radical (unpaired) electrons. The zero-order chi connectivity index (χ0) is 15.0. The maximum atomic E-state index is 12.9. The molecule has 2 heterocycles. The molecule has 1 saturated heterocycles. The summed E-state index contributed by atoms with van der Waals surface area (Å²) >= 11 is 0. The second-order valence-electron chi connectivity index (χ2n) is 5.55. The van der Waals surface area contributed by atoms with E-state index in [1.54, 1.807) is 6.20 Å². The number of nitrogens with two attached hydrogens (primary N) is 1. The van der Waals surface area contributed by atoms with Crippen molar-refractivity contribution in [3.8, 4) is 0 Å². The maximum absolute atomic E-state index is 12.9. The van der Waals surface area contributed by atoms with Gasteiger partial charge in [-0.2, -0.15) is 0 Å². The Kier molecular flexibility index (Phi) is 3.51. The minimum Gasteiger partial charge on any atom is -0.383 e. The Morgan fingerprint density at radius 2 is 2.05 bits per heavy atom. The quantitative estimate of drug-likeness (QED) is 0.871. The van der Waals surface area contributed by atoms with Crippen LogP contribution in [0.1, 0.15) is 24.2 Å². The van der Waals surface area contributed by atoms with Gasteiger partial charge in [0.15, 0.2) is 0 Å². The number of carbonyl (C=O) groups is 1. The highest BCUT2D eigenvalue weighted by Crippen LogP contribution is 2.25. The molecule has 2 N–H and O–H groups in total. The van der Waals surface area contributed by atoms with E-state index in [-0.39, 0.29) is 18.1 Å². The number of pyridine rings is 1. The number of aromatic nitrogens is 1. The van der Waals surface area contributed by atoms with E-state index in [1.165, 1.54) is 0 Å².